The molecule has 0 saturated heterocycles. The van der Waals surface area contributed by atoms with E-state index in [2.05, 4.69) is 20.8 Å². The van der Waals surface area contributed by atoms with Crippen molar-refractivity contribution in [3.63, 3.8) is 0 Å². The number of anilines is 1. The Labute approximate surface area is 127 Å². The molecule has 1 aliphatic rings. The minimum Gasteiger partial charge on any atom is -0.478 e. The molecule has 2 rings (SSSR count). The summed E-state index contributed by atoms with van der Waals surface area (Å²) < 4.78 is 6.15. The summed E-state index contributed by atoms with van der Waals surface area (Å²) in [6.45, 7) is 1.56. The highest BCUT2D eigenvalue weighted by Crippen LogP contribution is 2.36. The monoisotopic (exact) mass is 339 g/mol. The van der Waals surface area contributed by atoms with Crippen LogP contribution in [-0.4, -0.2) is 37.4 Å². The van der Waals surface area contributed by atoms with E-state index in [1.54, 1.807) is 13.2 Å². The van der Waals surface area contributed by atoms with Gasteiger partial charge >= 0.3 is 5.97 Å². The lowest BCUT2D eigenvalue weighted by atomic mass is 10.1. The zero-order valence-electron chi connectivity index (χ0n) is 11.4. The molecule has 0 unspecified atom stereocenters. The maximum Gasteiger partial charge on any atom is 0.328 e. The molecule has 0 spiro atoms. The van der Waals surface area contributed by atoms with Crippen LogP contribution in [0.3, 0.4) is 0 Å². The molecule has 20 heavy (non-hydrogen) atoms. The number of halogens is 1. The Bertz CT molecular complexity index is 512. The quantitative estimate of drug-likeness (QED) is 0.775. The van der Waals surface area contributed by atoms with Gasteiger partial charge in [-0.3, -0.25) is 0 Å². The summed E-state index contributed by atoms with van der Waals surface area (Å²) in [5.74, 6) is -0.940. The molecular weight excluding hydrogens is 322 g/mol. The van der Waals surface area contributed by atoms with Crippen molar-refractivity contribution in [2.24, 2.45) is 0 Å². The third-order valence-electron chi connectivity index (χ3n) is 3.22. The first-order chi connectivity index (χ1) is 9.61. The number of benzene rings is 1. The van der Waals surface area contributed by atoms with Gasteiger partial charge in [-0.2, -0.15) is 0 Å². The van der Waals surface area contributed by atoms with E-state index in [0.717, 1.165) is 28.3 Å². The van der Waals surface area contributed by atoms with Crippen LogP contribution in [0.4, 0.5) is 5.69 Å². The van der Waals surface area contributed by atoms with Crippen LogP contribution in [0.5, 0.6) is 0 Å². The van der Waals surface area contributed by atoms with Crippen LogP contribution in [0.15, 0.2) is 28.7 Å². The lowest BCUT2D eigenvalue weighted by Crippen LogP contribution is -2.29. The molecular formula is C15H18BrNO3. The molecule has 0 bridgehead atoms. The lowest BCUT2D eigenvalue weighted by molar-refractivity contribution is -0.131. The van der Waals surface area contributed by atoms with Gasteiger partial charge in [0, 0.05) is 30.2 Å². The van der Waals surface area contributed by atoms with Gasteiger partial charge in [-0.15, -0.1) is 0 Å². The molecule has 1 saturated carbocycles. The topological polar surface area (TPSA) is 49.8 Å². The van der Waals surface area contributed by atoms with E-state index in [0.29, 0.717) is 12.6 Å². The lowest BCUT2D eigenvalue weighted by Gasteiger charge is -2.25. The van der Waals surface area contributed by atoms with Gasteiger partial charge in [-0.05, 0) is 52.5 Å². The summed E-state index contributed by atoms with van der Waals surface area (Å²) >= 11 is 3.58. The van der Waals surface area contributed by atoms with E-state index in [-0.39, 0.29) is 0 Å². The van der Waals surface area contributed by atoms with Crippen molar-refractivity contribution in [1.29, 1.82) is 0 Å². The van der Waals surface area contributed by atoms with Gasteiger partial charge in [-0.25, -0.2) is 4.79 Å². The first kappa shape index (κ1) is 15.1. The number of ether oxygens (including phenoxy) is 1. The molecule has 1 aromatic carbocycles. The maximum absolute atomic E-state index is 10.5. The third-order valence-corrected chi connectivity index (χ3v) is 3.86. The standard InChI is InChI=1S/C15H18BrNO3/c1-20-9-8-17(12-4-5-12)14-6-2-11(10-13(14)16)3-7-15(18)19/h2-3,6-7,10,12H,4-5,8-9H2,1H3,(H,18,19)/b7-3+. The zero-order chi connectivity index (χ0) is 14.5. The average molecular weight is 340 g/mol. The molecule has 1 aromatic rings. The number of aliphatic carboxylic acids is 1. The zero-order valence-corrected chi connectivity index (χ0v) is 13.0. The van der Waals surface area contributed by atoms with Crippen molar-refractivity contribution < 1.29 is 14.6 Å². The first-order valence-corrected chi connectivity index (χ1v) is 7.37. The molecule has 0 aromatic heterocycles. The Kier molecular flexibility index (Phi) is 5.20. The smallest absolute Gasteiger partial charge is 0.328 e. The van der Waals surface area contributed by atoms with Crippen LogP contribution < -0.4 is 4.90 Å². The van der Waals surface area contributed by atoms with Crippen LogP contribution in [0.2, 0.25) is 0 Å². The molecule has 0 radical (unpaired) electrons. The van der Waals surface area contributed by atoms with Crippen LogP contribution in [0.1, 0.15) is 18.4 Å². The second kappa shape index (κ2) is 6.90. The summed E-state index contributed by atoms with van der Waals surface area (Å²) in [6, 6.07) is 6.50. The normalized spacial score (nSPS) is 14.7. The average Bonchev–Trinajstić information content (AvgIpc) is 3.23. The highest BCUT2D eigenvalue weighted by molar-refractivity contribution is 9.10. The van der Waals surface area contributed by atoms with Gasteiger partial charge in [0.1, 0.15) is 0 Å². The number of carbonyl (C=O) groups is 1. The van der Waals surface area contributed by atoms with E-state index in [1.165, 1.54) is 12.8 Å². The van der Waals surface area contributed by atoms with Crippen molar-refractivity contribution >= 4 is 33.7 Å². The fraction of sp³-hybridized carbons (Fsp3) is 0.400. The summed E-state index contributed by atoms with van der Waals surface area (Å²) in [6.07, 6.45) is 5.17. The maximum atomic E-state index is 10.5. The molecule has 5 heteroatoms. The van der Waals surface area contributed by atoms with E-state index in [9.17, 15) is 4.79 Å². The number of rotatable bonds is 7. The number of hydrogen-bond acceptors (Lipinski definition) is 3. The van der Waals surface area contributed by atoms with Crippen molar-refractivity contribution in [2.75, 3.05) is 25.2 Å². The SMILES string of the molecule is COCCN(c1ccc(/C=C/C(=O)O)cc1Br)C1CC1. The Hall–Kier alpha value is -1.33. The molecule has 1 aliphatic carbocycles. The fourth-order valence-corrected chi connectivity index (χ4v) is 2.73. The molecule has 1 fully saturated rings. The third kappa shape index (κ3) is 4.08. The van der Waals surface area contributed by atoms with Gasteiger partial charge < -0.3 is 14.7 Å². The Morgan fingerprint density at radius 1 is 1.55 bits per heavy atom. The summed E-state index contributed by atoms with van der Waals surface area (Å²) in [4.78, 5) is 12.9. The minimum atomic E-state index is -0.940. The van der Waals surface area contributed by atoms with Gasteiger partial charge in [-0.1, -0.05) is 6.07 Å². The van der Waals surface area contributed by atoms with Crippen LogP contribution in [0.25, 0.3) is 6.08 Å². The van der Waals surface area contributed by atoms with Crippen LogP contribution in [-0.2, 0) is 9.53 Å². The summed E-state index contributed by atoms with van der Waals surface area (Å²) in [5, 5.41) is 8.64. The van der Waals surface area contributed by atoms with Gasteiger partial charge in [0.15, 0.2) is 0 Å². The number of carboxylic acids is 1. The van der Waals surface area contributed by atoms with Crippen LogP contribution in [0, 0.1) is 0 Å². The Morgan fingerprint density at radius 3 is 2.85 bits per heavy atom. The van der Waals surface area contributed by atoms with Crippen molar-refractivity contribution in [3.05, 3.63) is 34.3 Å². The van der Waals surface area contributed by atoms with E-state index in [1.807, 2.05) is 18.2 Å². The highest BCUT2D eigenvalue weighted by Gasteiger charge is 2.29. The minimum absolute atomic E-state index is 0.599. The predicted octanol–water partition coefficient (Wildman–Crippen LogP) is 3.16. The first-order valence-electron chi connectivity index (χ1n) is 6.58. The molecule has 0 amide bonds. The highest BCUT2D eigenvalue weighted by atomic mass is 79.9. The van der Waals surface area contributed by atoms with Gasteiger partial charge in [0.25, 0.3) is 0 Å². The second-order valence-corrected chi connectivity index (χ2v) is 5.65. The summed E-state index contributed by atoms with van der Waals surface area (Å²) in [7, 11) is 1.71. The predicted molar refractivity (Wildman–Crippen MR) is 83.1 cm³/mol. The number of methoxy groups -OCH3 is 1. The van der Waals surface area contributed by atoms with Crippen molar-refractivity contribution in [3.8, 4) is 0 Å². The molecule has 1 N–H and O–H groups in total. The van der Waals surface area contributed by atoms with Crippen molar-refractivity contribution in [2.45, 2.75) is 18.9 Å². The summed E-state index contributed by atoms with van der Waals surface area (Å²) in [5.41, 5.74) is 2.00. The van der Waals surface area contributed by atoms with Gasteiger partial charge in [0.05, 0.1) is 12.3 Å². The molecule has 0 atom stereocenters. The molecule has 4 nitrogen and oxygen atoms in total. The molecule has 0 aliphatic heterocycles. The molecule has 0 heterocycles. The van der Waals surface area contributed by atoms with E-state index in [4.69, 9.17) is 9.84 Å². The molecule has 108 valence electrons. The van der Waals surface area contributed by atoms with Crippen LogP contribution >= 0.6 is 15.9 Å². The van der Waals surface area contributed by atoms with E-state index >= 15 is 0 Å². The Balaban J connectivity index is 2.16. The fourth-order valence-electron chi connectivity index (χ4n) is 2.10. The Morgan fingerprint density at radius 2 is 2.30 bits per heavy atom. The van der Waals surface area contributed by atoms with Gasteiger partial charge in [0.2, 0.25) is 0 Å². The van der Waals surface area contributed by atoms with Crippen molar-refractivity contribution in [1.82, 2.24) is 0 Å². The second-order valence-electron chi connectivity index (χ2n) is 4.80. The number of hydrogen-bond donors (Lipinski definition) is 1. The number of nitrogens with zero attached hydrogens (tertiary/aromatic N) is 1. The number of carboxylic acid groups (broad SMARTS) is 1. The van der Waals surface area contributed by atoms with E-state index < -0.39 is 5.97 Å². The largest absolute Gasteiger partial charge is 0.478 e.